The molecule has 0 aliphatic heterocycles. The van der Waals surface area contributed by atoms with Crippen LogP contribution in [0.25, 0.3) is 0 Å². The van der Waals surface area contributed by atoms with Gasteiger partial charge < -0.3 is 11.4 Å². The quantitative estimate of drug-likeness (QED) is 0.382. The number of hydrogen-bond acceptors (Lipinski definition) is 0. The van der Waals surface area contributed by atoms with Crippen LogP contribution in [0.15, 0.2) is 0 Å². The molecule has 0 aliphatic rings. The van der Waals surface area contributed by atoms with Crippen LogP contribution >= 0.6 is 0 Å². The molecule has 0 bridgehead atoms. The van der Waals surface area contributed by atoms with Crippen LogP contribution in [0.1, 0.15) is 80.5 Å². The molecular weight excluding hydrogens is 245 g/mol. The van der Waals surface area contributed by atoms with Crippen molar-refractivity contribution in [1.82, 2.24) is 0 Å². The fraction of sp³-hybridized carbons (Fsp3) is 1.00. The summed E-state index contributed by atoms with van der Waals surface area (Å²) in [5.41, 5.74) is 0. The van der Waals surface area contributed by atoms with E-state index in [1.807, 2.05) is 0 Å². The maximum absolute atomic E-state index is 2.33. The minimum atomic E-state index is 0. The molecule has 0 saturated heterocycles. The Labute approximate surface area is 146 Å². The molecule has 0 rings (SSSR count). The molecule has 0 spiro atoms. The zero-order chi connectivity index (χ0) is 13.0. The van der Waals surface area contributed by atoms with E-state index in [4.69, 9.17) is 0 Å². The Hall–Kier alpha value is 0.920. The van der Waals surface area contributed by atoms with Gasteiger partial charge >= 0.3 is 29.6 Å². The zero-order valence-corrected chi connectivity index (χ0v) is 16.4. The van der Waals surface area contributed by atoms with E-state index in [0.717, 1.165) is 0 Å². The summed E-state index contributed by atoms with van der Waals surface area (Å²) in [5, 5.41) is 0. The van der Waals surface area contributed by atoms with Gasteiger partial charge in [0, 0.05) is 0 Å². The van der Waals surface area contributed by atoms with Gasteiger partial charge in [-0.25, -0.2) is 0 Å². The van der Waals surface area contributed by atoms with Gasteiger partial charge in [0.05, 0.1) is 26.2 Å². The Morgan fingerprint density at radius 2 is 0.789 bits per heavy atom. The minimum absolute atomic E-state index is 0. The average molecular weight is 284 g/mol. The van der Waals surface area contributed by atoms with Gasteiger partial charge in [-0.05, 0) is 25.7 Å². The standard InChI is InChI=1S/C16H36N.Na.H2O.H/c1-5-9-13-17(14-10-6-2,15-11-7-3)16-12-8-4;;;/h5-16H2,1-4H3;;1H2;/q2*+1;;-1. The van der Waals surface area contributed by atoms with E-state index in [0.29, 0.717) is 0 Å². The van der Waals surface area contributed by atoms with Crippen LogP contribution < -0.4 is 29.6 Å². The van der Waals surface area contributed by atoms with Gasteiger partial charge in [-0.2, -0.15) is 0 Å². The average Bonchev–Trinajstić information content (AvgIpc) is 2.37. The second kappa shape index (κ2) is 17.0. The van der Waals surface area contributed by atoms with Gasteiger partial charge in [0.15, 0.2) is 0 Å². The third-order valence-corrected chi connectivity index (χ3v) is 3.94. The van der Waals surface area contributed by atoms with Crippen LogP contribution in [0.3, 0.4) is 0 Å². The molecule has 3 heteroatoms. The van der Waals surface area contributed by atoms with Crippen molar-refractivity contribution in [3.05, 3.63) is 0 Å². The van der Waals surface area contributed by atoms with Crippen molar-refractivity contribution < 1.29 is 40.9 Å². The normalized spacial score (nSPS) is 10.7. The molecule has 114 valence electrons. The Kier molecular flexibility index (Phi) is 22.3. The van der Waals surface area contributed by atoms with Crippen molar-refractivity contribution in [2.24, 2.45) is 0 Å². The molecule has 0 amide bonds. The van der Waals surface area contributed by atoms with Gasteiger partial charge in [-0.3, -0.25) is 0 Å². The fourth-order valence-corrected chi connectivity index (χ4v) is 2.64. The summed E-state index contributed by atoms with van der Waals surface area (Å²) < 4.78 is 1.42. The van der Waals surface area contributed by atoms with Gasteiger partial charge in [-0.1, -0.05) is 53.4 Å². The number of nitrogens with zero attached hydrogens (tertiary/aromatic N) is 1. The molecule has 2 nitrogen and oxygen atoms in total. The molecule has 0 fully saturated rings. The molecule has 0 unspecified atom stereocenters. The number of rotatable bonds is 12. The Morgan fingerprint density at radius 1 is 0.579 bits per heavy atom. The topological polar surface area (TPSA) is 31.5 Å². The first kappa shape index (κ1) is 24.9. The summed E-state index contributed by atoms with van der Waals surface area (Å²) in [7, 11) is 0. The third-order valence-electron chi connectivity index (χ3n) is 3.94. The summed E-state index contributed by atoms with van der Waals surface area (Å²) in [6, 6.07) is 0. The van der Waals surface area contributed by atoms with Crippen molar-refractivity contribution in [1.29, 1.82) is 0 Å². The second-order valence-electron chi connectivity index (χ2n) is 5.65. The van der Waals surface area contributed by atoms with E-state index < -0.39 is 0 Å². The van der Waals surface area contributed by atoms with Gasteiger partial charge in [-0.15, -0.1) is 0 Å². The number of hydrogen-bond donors (Lipinski definition) is 0. The molecule has 0 atom stereocenters. The predicted molar refractivity (Wildman–Crippen MR) is 84.1 cm³/mol. The molecule has 0 aromatic rings. The summed E-state index contributed by atoms with van der Waals surface area (Å²) in [6.45, 7) is 15.0. The van der Waals surface area contributed by atoms with Crippen molar-refractivity contribution >= 4 is 0 Å². The van der Waals surface area contributed by atoms with E-state index in [9.17, 15) is 0 Å². The molecule has 19 heavy (non-hydrogen) atoms. The molecule has 0 aromatic carbocycles. The van der Waals surface area contributed by atoms with E-state index >= 15 is 0 Å². The molecule has 0 radical (unpaired) electrons. The van der Waals surface area contributed by atoms with Crippen LogP contribution in [0, 0.1) is 0 Å². The summed E-state index contributed by atoms with van der Waals surface area (Å²) in [5.74, 6) is 0. The van der Waals surface area contributed by atoms with Crippen molar-refractivity contribution in [3.63, 3.8) is 0 Å². The summed E-state index contributed by atoms with van der Waals surface area (Å²) in [6.07, 6.45) is 11.1. The molecular formula is C16H39NNaO+. The first-order valence-corrected chi connectivity index (χ1v) is 8.09. The summed E-state index contributed by atoms with van der Waals surface area (Å²) in [4.78, 5) is 0. The molecule has 2 N–H and O–H groups in total. The van der Waals surface area contributed by atoms with Crippen molar-refractivity contribution in [3.8, 4) is 0 Å². The second-order valence-corrected chi connectivity index (χ2v) is 5.65. The number of unbranched alkanes of at least 4 members (excludes halogenated alkanes) is 4. The molecule has 0 saturated carbocycles. The van der Waals surface area contributed by atoms with Crippen LogP contribution in [0.2, 0.25) is 0 Å². The van der Waals surface area contributed by atoms with Gasteiger partial charge in [0.2, 0.25) is 0 Å². The Balaban J connectivity index is -0.000000427. The first-order valence-electron chi connectivity index (χ1n) is 8.09. The van der Waals surface area contributed by atoms with E-state index in [-0.39, 0.29) is 36.5 Å². The van der Waals surface area contributed by atoms with E-state index in [1.165, 1.54) is 82.0 Å². The SMILES string of the molecule is CCCC[N+](CCCC)(CCCC)CCCC.O.[H-].[Na+]. The minimum Gasteiger partial charge on any atom is -1.00 e. The monoisotopic (exact) mass is 284 g/mol. The maximum atomic E-state index is 2.33. The largest absolute Gasteiger partial charge is 1.00 e. The van der Waals surface area contributed by atoms with Crippen LogP contribution in [-0.2, 0) is 0 Å². The fourth-order valence-electron chi connectivity index (χ4n) is 2.64. The van der Waals surface area contributed by atoms with Crippen LogP contribution in [-0.4, -0.2) is 36.1 Å². The Morgan fingerprint density at radius 3 is 0.947 bits per heavy atom. The maximum Gasteiger partial charge on any atom is 1.00 e. The Bertz CT molecular complexity index is 133. The van der Waals surface area contributed by atoms with E-state index in [2.05, 4.69) is 27.7 Å². The molecule has 0 aliphatic carbocycles. The van der Waals surface area contributed by atoms with E-state index in [1.54, 1.807) is 0 Å². The van der Waals surface area contributed by atoms with Crippen molar-refractivity contribution in [2.45, 2.75) is 79.1 Å². The predicted octanol–water partition coefficient (Wildman–Crippen LogP) is 1.30. The molecule has 0 heterocycles. The third kappa shape index (κ3) is 12.4. The van der Waals surface area contributed by atoms with Crippen LogP contribution in [0.5, 0.6) is 0 Å². The van der Waals surface area contributed by atoms with Gasteiger partial charge in [0.1, 0.15) is 0 Å². The first-order chi connectivity index (χ1) is 8.24. The van der Waals surface area contributed by atoms with Gasteiger partial charge in [0.25, 0.3) is 0 Å². The zero-order valence-electron chi connectivity index (χ0n) is 15.4. The van der Waals surface area contributed by atoms with Crippen molar-refractivity contribution in [2.75, 3.05) is 26.2 Å². The number of quaternary nitrogens is 1. The smallest absolute Gasteiger partial charge is 1.00 e. The summed E-state index contributed by atoms with van der Waals surface area (Å²) >= 11 is 0. The molecule has 0 aromatic heterocycles. The van der Waals surface area contributed by atoms with Crippen LogP contribution in [0.4, 0.5) is 0 Å².